The molecular formula is C18H19N3O4. The molecule has 1 N–H and O–H groups in total. The Bertz CT molecular complexity index is 833. The van der Waals surface area contributed by atoms with E-state index in [1.54, 1.807) is 38.6 Å². The van der Waals surface area contributed by atoms with Crippen molar-refractivity contribution in [2.75, 3.05) is 14.2 Å². The van der Waals surface area contributed by atoms with E-state index >= 15 is 0 Å². The maximum atomic E-state index is 12.5. The topological polar surface area (TPSA) is 78.5 Å². The van der Waals surface area contributed by atoms with Gasteiger partial charge in [0.05, 0.1) is 20.5 Å². The molecule has 1 aromatic carbocycles. The normalized spacial score (nSPS) is 11.8. The van der Waals surface area contributed by atoms with E-state index in [1.807, 2.05) is 29.9 Å². The van der Waals surface area contributed by atoms with Crippen LogP contribution in [0.15, 0.2) is 53.4 Å². The van der Waals surface area contributed by atoms with E-state index in [1.165, 1.54) is 6.26 Å². The molecule has 3 aromatic rings. The predicted octanol–water partition coefficient (Wildman–Crippen LogP) is 2.55. The van der Waals surface area contributed by atoms with Gasteiger partial charge in [0.2, 0.25) is 0 Å². The summed E-state index contributed by atoms with van der Waals surface area (Å²) in [5.41, 5.74) is 0.783. The lowest BCUT2D eigenvalue weighted by Crippen LogP contribution is -2.30. The molecule has 0 aliphatic heterocycles. The summed E-state index contributed by atoms with van der Waals surface area (Å²) in [4.78, 5) is 16.9. The van der Waals surface area contributed by atoms with Crippen LogP contribution in [0.3, 0.4) is 0 Å². The second kappa shape index (κ2) is 7.12. The number of nitrogens with zero attached hydrogens (tertiary/aromatic N) is 2. The molecular weight excluding hydrogens is 322 g/mol. The van der Waals surface area contributed by atoms with Crippen molar-refractivity contribution in [2.45, 2.75) is 6.04 Å². The smallest absolute Gasteiger partial charge is 0.287 e. The van der Waals surface area contributed by atoms with E-state index < -0.39 is 6.04 Å². The number of furan rings is 1. The number of benzene rings is 1. The molecule has 0 fully saturated rings. The Morgan fingerprint density at radius 3 is 2.48 bits per heavy atom. The molecule has 2 aromatic heterocycles. The van der Waals surface area contributed by atoms with Gasteiger partial charge in [-0.15, -0.1) is 0 Å². The number of rotatable bonds is 6. The zero-order valence-electron chi connectivity index (χ0n) is 14.2. The van der Waals surface area contributed by atoms with Gasteiger partial charge in [-0.1, -0.05) is 0 Å². The quantitative estimate of drug-likeness (QED) is 0.745. The predicted molar refractivity (Wildman–Crippen MR) is 90.8 cm³/mol. The van der Waals surface area contributed by atoms with Gasteiger partial charge in [-0.2, -0.15) is 0 Å². The zero-order chi connectivity index (χ0) is 17.8. The van der Waals surface area contributed by atoms with Crippen LogP contribution in [0, 0.1) is 0 Å². The number of imidazole rings is 1. The Labute approximate surface area is 145 Å². The number of methoxy groups -OCH3 is 2. The lowest BCUT2D eigenvalue weighted by molar-refractivity contribution is 0.0913. The fourth-order valence-corrected chi connectivity index (χ4v) is 2.56. The maximum absolute atomic E-state index is 12.5. The first kappa shape index (κ1) is 16.6. The molecule has 0 radical (unpaired) electrons. The second-order valence-electron chi connectivity index (χ2n) is 5.43. The Morgan fingerprint density at radius 1 is 1.24 bits per heavy atom. The molecule has 1 unspecified atom stereocenters. The number of carbonyl (C=O) groups excluding carboxylic acids is 1. The number of aryl methyl sites for hydroxylation is 1. The highest BCUT2D eigenvalue weighted by Gasteiger charge is 2.23. The third-order valence-electron chi connectivity index (χ3n) is 3.84. The Morgan fingerprint density at radius 2 is 1.96 bits per heavy atom. The van der Waals surface area contributed by atoms with Crippen LogP contribution in [0.25, 0.3) is 0 Å². The summed E-state index contributed by atoms with van der Waals surface area (Å²) in [6, 6.07) is 8.22. The summed E-state index contributed by atoms with van der Waals surface area (Å²) in [5.74, 6) is 1.82. The fourth-order valence-electron chi connectivity index (χ4n) is 2.56. The number of carbonyl (C=O) groups is 1. The summed E-state index contributed by atoms with van der Waals surface area (Å²) in [6.07, 6.45) is 4.96. The number of amides is 1. The molecule has 7 nitrogen and oxygen atoms in total. The number of nitrogens with one attached hydrogen (secondary N) is 1. The Hall–Kier alpha value is -3.22. The number of aromatic nitrogens is 2. The Balaban J connectivity index is 2.02. The van der Waals surface area contributed by atoms with Crippen LogP contribution in [-0.2, 0) is 7.05 Å². The van der Waals surface area contributed by atoms with Crippen LogP contribution >= 0.6 is 0 Å². The van der Waals surface area contributed by atoms with E-state index in [-0.39, 0.29) is 11.7 Å². The van der Waals surface area contributed by atoms with E-state index in [9.17, 15) is 4.79 Å². The SMILES string of the molecule is COc1cc(OC)cc(C(NC(=O)c2ccco2)c2nccn2C)c1. The van der Waals surface area contributed by atoms with E-state index in [0.29, 0.717) is 17.3 Å². The number of hydrogen-bond donors (Lipinski definition) is 1. The van der Waals surface area contributed by atoms with Crippen molar-refractivity contribution in [3.63, 3.8) is 0 Å². The lowest BCUT2D eigenvalue weighted by Gasteiger charge is -2.20. The van der Waals surface area contributed by atoms with Crippen LogP contribution in [0.5, 0.6) is 11.5 Å². The number of ether oxygens (including phenoxy) is 2. The lowest BCUT2D eigenvalue weighted by atomic mass is 10.0. The first-order chi connectivity index (χ1) is 12.1. The minimum absolute atomic E-state index is 0.231. The highest BCUT2D eigenvalue weighted by atomic mass is 16.5. The van der Waals surface area contributed by atoms with Gasteiger partial charge in [0.15, 0.2) is 5.76 Å². The monoisotopic (exact) mass is 341 g/mol. The molecule has 0 aliphatic rings. The van der Waals surface area contributed by atoms with Gasteiger partial charge in [0.1, 0.15) is 23.4 Å². The molecule has 1 atom stereocenters. The average molecular weight is 341 g/mol. The third-order valence-corrected chi connectivity index (χ3v) is 3.84. The minimum Gasteiger partial charge on any atom is -0.497 e. The van der Waals surface area contributed by atoms with Gasteiger partial charge in [-0.05, 0) is 29.8 Å². The van der Waals surface area contributed by atoms with Gasteiger partial charge in [0.25, 0.3) is 5.91 Å². The van der Waals surface area contributed by atoms with Gasteiger partial charge in [-0.3, -0.25) is 4.79 Å². The molecule has 0 saturated carbocycles. The summed E-state index contributed by atoms with van der Waals surface area (Å²) in [5, 5.41) is 2.95. The summed E-state index contributed by atoms with van der Waals surface area (Å²) in [6.45, 7) is 0. The summed E-state index contributed by atoms with van der Waals surface area (Å²) in [7, 11) is 5.03. The van der Waals surface area contributed by atoms with Crippen molar-refractivity contribution in [1.29, 1.82) is 0 Å². The molecule has 0 saturated heterocycles. The first-order valence-corrected chi connectivity index (χ1v) is 7.67. The van der Waals surface area contributed by atoms with E-state index in [4.69, 9.17) is 13.9 Å². The molecule has 2 heterocycles. The first-order valence-electron chi connectivity index (χ1n) is 7.67. The molecule has 25 heavy (non-hydrogen) atoms. The highest BCUT2D eigenvalue weighted by molar-refractivity contribution is 5.91. The van der Waals surface area contributed by atoms with Crippen molar-refractivity contribution in [3.8, 4) is 11.5 Å². The van der Waals surface area contributed by atoms with Crippen molar-refractivity contribution in [1.82, 2.24) is 14.9 Å². The third kappa shape index (κ3) is 3.50. The molecule has 3 rings (SSSR count). The molecule has 0 spiro atoms. The summed E-state index contributed by atoms with van der Waals surface area (Å²) >= 11 is 0. The maximum Gasteiger partial charge on any atom is 0.287 e. The van der Waals surface area contributed by atoms with Crippen LogP contribution in [-0.4, -0.2) is 29.7 Å². The largest absolute Gasteiger partial charge is 0.497 e. The van der Waals surface area contributed by atoms with Gasteiger partial charge >= 0.3 is 0 Å². The van der Waals surface area contributed by atoms with Crippen LogP contribution < -0.4 is 14.8 Å². The molecule has 1 amide bonds. The van der Waals surface area contributed by atoms with Crippen LogP contribution in [0.1, 0.15) is 28.0 Å². The van der Waals surface area contributed by atoms with Crippen molar-refractivity contribution >= 4 is 5.91 Å². The van der Waals surface area contributed by atoms with E-state index in [2.05, 4.69) is 10.3 Å². The van der Waals surface area contributed by atoms with Crippen LogP contribution in [0.4, 0.5) is 0 Å². The van der Waals surface area contributed by atoms with Crippen molar-refractivity contribution < 1.29 is 18.7 Å². The molecule has 0 aliphatic carbocycles. The Kier molecular flexibility index (Phi) is 4.74. The standard InChI is InChI=1S/C18H19N3O4/c1-21-7-6-19-17(21)16(20-18(22)15-5-4-8-25-15)12-9-13(23-2)11-14(10-12)24-3/h4-11,16H,1-3H3,(H,20,22). The van der Waals surface area contributed by atoms with Crippen molar-refractivity contribution in [3.05, 3.63) is 66.1 Å². The zero-order valence-corrected chi connectivity index (χ0v) is 14.2. The molecule has 130 valence electrons. The molecule has 0 bridgehead atoms. The van der Waals surface area contributed by atoms with Gasteiger partial charge in [0, 0.05) is 25.5 Å². The molecule has 7 heteroatoms. The fraction of sp³-hybridized carbons (Fsp3) is 0.222. The van der Waals surface area contributed by atoms with Crippen LogP contribution in [0.2, 0.25) is 0 Å². The highest BCUT2D eigenvalue weighted by Crippen LogP contribution is 2.29. The summed E-state index contributed by atoms with van der Waals surface area (Å²) < 4.78 is 17.7. The van der Waals surface area contributed by atoms with E-state index in [0.717, 1.165) is 5.56 Å². The minimum atomic E-state index is -0.499. The van der Waals surface area contributed by atoms with Gasteiger partial charge in [-0.25, -0.2) is 4.98 Å². The second-order valence-corrected chi connectivity index (χ2v) is 5.43. The van der Waals surface area contributed by atoms with Crippen molar-refractivity contribution in [2.24, 2.45) is 7.05 Å². The van der Waals surface area contributed by atoms with Gasteiger partial charge < -0.3 is 23.8 Å². The average Bonchev–Trinajstić information content (AvgIpc) is 3.31. The number of hydrogen-bond acceptors (Lipinski definition) is 5.